The topological polar surface area (TPSA) is 155 Å². The summed E-state index contributed by atoms with van der Waals surface area (Å²) in [6.07, 6.45) is -9.10. The Morgan fingerprint density at radius 1 is 0.574 bits per heavy atom. The number of imidazole rings is 2. The zero-order valence-corrected chi connectivity index (χ0v) is 27.2. The first-order valence-electron chi connectivity index (χ1n) is 15.9. The molecule has 4 heterocycles. The van der Waals surface area contributed by atoms with Gasteiger partial charge in [-0.15, -0.1) is 0 Å². The Balaban J connectivity index is 1.09. The van der Waals surface area contributed by atoms with E-state index in [0.717, 1.165) is 24.3 Å². The molecule has 0 saturated carbocycles. The number of amides is 2. The minimum atomic E-state index is -4.55. The van der Waals surface area contributed by atoms with Crippen LogP contribution in [0.15, 0.2) is 106 Å². The highest BCUT2D eigenvalue weighted by Crippen LogP contribution is 2.34. The molecule has 272 valence electrons. The van der Waals surface area contributed by atoms with Gasteiger partial charge in [-0.1, -0.05) is 48.5 Å². The summed E-state index contributed by atoms with van der Waals surface area (Å²) in [5.74, 6) is -0.111. The maximum absolute atomic E-state index is 13.5. The third-order valence-electron chi connectivity index (χ3n) is 8.36. The molecule has 0 aliphatic rings. The molecule has 0 fully saturated rings. The average Bonchev–Trinajstić information content (AvgIpc) is 3.94. The van der Waals surface area contributed by atoms with E-state index in [1.165, 1.54) is 12.1 Å². The normalized spacial score (nSPS) is 12.1. The van der Waals surface area contributed by atoms with Crippen LogP contribution in [0.4, 0.5) is 42.8 Å². The van der Waals surface area contributed by atoms with Crippen molar-refractivity contribution in [3.05, 3.63) is 119 Å². The molecule has 4 aromatic heterocycles. The van der Waals surface area contributed by atoms with Crippen LogP contribution in [-0.4, -0.2) is 45.8 Å². The molecule has 2 amide bonds. The van der Waals surface area contributed by atoms with Gasteiger partial charge >= 0.3 is 18.4 Å². The van der Waals surface area contributed by atoms with Crippen molar-refractivity contribution in [2.45, 2.75) is 25.4 Å². The van der Waals surface area contributed by atoms with E-state index in [9.17, 15) is 31.1 Å². The second-order valence-electron chi connectivity index (χ2n) is 11.9. The number of anilines is 2. The van der Waals surface area contributed by atoms with Gasteiger partial charge in [0.2, 0.25) is 11.6 Å². The fourth-order valence-corrected chi connectivity index (χ4v) is 5.97. The van der Waals surface area contributed by atoms with E-state index < -0.39 is 29.5 Å². The monoisotopic (exact) mass is 744 g/mol. The Kier molecular flexibility index (Phi) is 8.31. The molecule has 54 heavy (non-hydrogen) atoms. The van der Waals surface area contributed by atoms with E-state index in [1.54, 1.807) is 69.8 Å². The van der Waals surface area contributed by atoms with Gasteiger partial charge < -0.3 is 9.13 Å². The van der Waals surface area contributed by atoms with Gasteiger partial charge in [0.15, 0.2) is 23.0 Å². The fraction of sp³-hybridized carbons (Fsp3) is 0.114. The quantitative estimate of drug-likeness (QED) is 0.146. The number of hydrogen-bond donors (Lipinski definition) is 2. The molecule has 0 bridgehead atoms. The molecule has 0 aliphatic carbocycles. The number of hydrogen-bond acceptors (Lipinski definition) is 9. The maximum atomic E-state index is 13.5. The molecule has 0 radical (unpaired) electrons. The van der Waals surface area contributed by atoms with Crippen molar-refractivity contribution >= 4 is 39.7 Å². The van der Waals surface area contributed by atoms with E-state index in [4.69, 9.17) is 9.26 Å². The van der Waals surface area contributed by atoms with Gasteiger partial charge in [-0.3, -0.25) is 10.6 Å². The number of para-hydroxylation sites is 4. The van der Waals surface area contributed by atoms with Gasteiger partial charge in [-0.05, 0) is 80.3 Å². The van der Waals surface area contributed by atoms with Crippen LogP contribution >= 0.6 is 0 Å². The fourth-order valence-electron chi connectivity index (χ4n) is 5.97. The predicted molar refractivity (Wildman–Crippen MR) is 180 cm³/mol. The minimum absolute atomic E-state index is 0.0327. The number of nitrogens with one attached hydrogen (secondary N) is 2. The van der Waals surface area contributed by atoms with Gasteiger partial charge in [0, 0.05) is 13.1 Å². The molecule has 8 rings (SSSR count). The first kappa shape index (κ1) is 34.1. The lowest BCUT2D eigenvalue weighted by Crippen LogP contribution is -2.21. The van der Waals surface area contributed by atoms with E-state index in [1.807, 2.05) is 0 Å². The van der Waals surface area contributed by atoms with E-state index in [2.05, 4.69) is 41.2 Å². The summed E-state index contributed by atoms with van der Waals surface area (Å²) in [5, 5.41) is 20.5. The van der Waals surface area contributed by atoms with Crippen LogP contribution in [0, 0.1) is 0 Å². The Labute approximate surface area is 298 Å². The smallest absolute Gasteiger partial charge is 0.318 e. The Hall–Kier alpha value is -7.05. The number of benzene rings is 4. The van der Waals surface area contributed by atoms with Crippen LogP contribution in [0.3, 0.4) is 0 Å². The molecule has 0 atom stereocenters. The summed E-state index contributed by atoms with van der Waals surface area (Å²) in [6.45, 7) is -0.0958. The Morgan fingerprint density at radius 3 is 1.43 bits per heavy atom. The molecule has 2 N–H and O–H groups in total. The van der Waals surface area contributed by atoms with Gasteiger partial charge in [0.25, 0.3) is 0 Å². The number of carbonyl (C=O) groups is 1. The summed E-state index contributed by atoms with van der Waals surface area (Å²) in [5.41, 5.74) is 1.05. The third kappa shape index (κ3) is 6.57. The SMILES string of the molecule is O=C(Nc1nonc1-c1nc2ccccc2n1Cc1cccc(C(F)(F)F)c1)Nc1nonc1-c1nc2ccccc2n1Cc1cccc(C(F)(F)F)c1. The van der Waals surface area contributed by atoms with Gasteiger partial charge in [0.1, 0.15) is 0 Å². The standard InChI is InChI=1S/C35H22F6N10O3/c36-34(37,38)21-9-5-7-19(15-21)17-50-25-13-3-1-11-23(25)42-31(50)27-29(48-53-46-27)44-33(52)45-30-28(47-54-49-30)32-43-24-12-2-4-14-26(24)51(32)18-20-8-6-10-22(16-20)35(39,40)41/h1-16H,17-18H2,(H2,44,45,48,49,52). The zero-order chi connectivity index (χ0) is 37.6. The van der Waals surface area contributed by atoms with Crippen LogP contribution in [0.25, 0.3) is 45.1 Å². The number of alkyl halides is 6. The number of urea groups is 1. The largest absolute Gasteiger partial charge is 0.416 e. The molecular weight excluding hydrogens is 722 g/mol. The molecule has 8 aromatic rings. The van der Waals surface area contributed by atoms with Crippen molar-refractivity contribution in [3.8, 4) is 23.0 Å². The maximum Gasteiger partial charge on any atom is 0.416 e. The van der Waals surface area contributed by atoms with Crippen LogP contribution in [0.1, 0.15) is 22.3 Å². The highest BCUT2D eigenvalue weighted by Gasteiger charge is 2.32. The molecule has 0 unspecified atom stereocenters. The lowest BCUT2D eigenvalue weighted by molar-refractivity contribution is -0.138. The highest BCUT2D eigenvalue weighted by molar-refractivity contribution is 6.02. The number of carbonyl (C=O) groups excluding carboxylic acids is 1. The predicted octanol–water partition coefficient (Wildman–Crippen LogP) is 8.26. The second kappa shape index (κ2) is 13.2. The van der Waals surface area contributed by atoms with Crippen molar-refractivity contribution in [3.63, 3.8) is 0 Å². The Morgan fingerprint density at radius 2 is 1.00 bits per heavy atom. The van der Waals surface area contributed by atoms with Crippen molar-refractivity contribution in [2.24, 2.45) is 0 Å². The van der Waals surface area contributed by atoms with E-state index in [-0.39, 0.29) is 47.8 Å². The zero-order valence-electron chi connectivity index (χ0n) is 27.2. The van der Waals surface area contributed by atoms with E-state index in [0.29, 0.717) is 33.2 Å². The molecule has 0 saturated heterocycles. The molecule has 19 heteroatoms. The summed E-state index contributed by atoms with van der Waals surface area (Å²) in [6, 6.07) is 22.6. The summed E-state index contributed by atoms with van der Waals surface area (Å²) in [4.78, 5) is 22.6. The summed E-state index contributed by atoms with van der Waals surface area (Å²) >= 11 is 0. The number of fused-ring (bicyclic) bond motifs is 2. The molecule has 4 aromatic carbocycles. The lowest BCUT2D eigenvalue weighted by Gasteiger charge is -2.12. The van der Waals surface area contributed by atoms with Crippen molar-refractivity contribution < 1.29 is 40.4 Å². The van der Waals surface area contributed by atoms with Crippen LogP contribution in [0.5, 0.6) is 0 Å². The number of rotatable bonds is 8. The molecule has 0 spiro atoms. The highest BCUT2D eigenvalue weighted by atomic mass is 19.4. The van der Waals surface area contributed by atoms with Crippen molar-refractivity contribution in [1.82, 2.24) is 39.7 Å². The van der Waals surface area contributed by atoms with Gasteiger partial charge in [-0.25, -0.2) is 24.0 Å². The third-order valence-corrected chi connectivity index (χ3v) is 8.36. The second-order valence-corrected chi connectivity index (χ2v) is 11.9. The number of halogens is 6. The van der Waals surface area contributed by atoms with Crippen molar-refractivity contribution in [1.29, 1.82) is 0 Å². The van der Waals surface area contributed by atoms with Gasteiger partial charge in [-0.2, -0.15) is 26.3 Å². The number of nitrogens with zero attached hydrogens (tertiary/aromatic N) is 8. The molecular formula is C35H22F6N10O3. The van der Waals surface area contributed by atoms with Crippen LogP contribution < -0.4 is 10.6 Å². The van der Waals surface area contributed by atoms with E-state index >= 15 is 0 Å². The molecule has 13 nitrogen and oxygen atoms in total. The summed E-state index contributed by atoms with van der Waals surface area (Å²) < 4.78 is 94.1. The van der Waals surface area contributed by atoms with Gasteiger partial charge in [0.05, 0.1) is 33.2 Å². The minimum Gasteiger partial charge on any atom is -0.318 e. The van der Waals surface area contributed by atoms with Crippen molar-refractivity contribution in [2.75, 3.05) is 10.6 Å². The first-order valence-corrected chi connectivity index (χ1v) is 15.9. The van der Waals surface area contributed by atoms with Crippen LogP contribution in [0.2, 0.25) is 0 Å². The first-order chi connectivity index (χ1) is 25.9. The Bertz CT molecular complexity index is 2480. The summed E-state index contributed by atoms with van der Waals surface area (Å²) in [7, 11) is 0. The number of aromatic nitrogens is 8. The average molecular weight is 745 g/mol. The lowest BCUT2D eigenvalue weighted by atomic mass is 10.1. The molecule has 0 aliphatic heterocycles. The van der Waals surface area contributed by atoms with Crippen LogP contribution in [-0.2, 0) is 25.4 Å².